The molecule has 2 N–H and O–H groups in total. The molecule has 1 saturated heterocycles. The zero-order valence-electron chi connectivity index (χ0n) is 19.5. The Balaban J connectivity index is 1.33. The van der Waals surface area contributed by atoms with E-state index in [9.17, 15) is 9.59 Å². The quantitative estimate of drug-likeness (QED) is 0.500. The maximum atomic E-state index is 12.9. The molecule has 1 aliphatic heterocycles. The Morgan fingerprint density at radius 2 is 1.76 bits per heavy atom. The van der Waals surface area contributed by atoms with Gasteiger partial charge in [0.1, 0.15) is 11.4 Å². The first-order valence-electron chi connectivity index (χ1n) is 11.3. The molecule has 0 atom stereocenters. The molecule has 3 aromatic rings. The van der Waals surface area contributed by atoms with Gasteiger partial charge in [-0.25, -0.2) is 4.79 Å². The second-order valence-corrected chi connectivity index (χ2v) is 8.22. The van der Waals surface area contributed by atoms with Crippen LogP contribution in [0.1, 0.15) is 16.1 Å². The average Bonchev–Trinajstić information content (AvgIpc) is 3.22. The third-order valence-corrected chi connectivity index (χ3v) is 5.97. The topological polar surface area (TPSA) is 86.9 Å². The van der Waals surface area contributed by atoms with E-state index in [0.717, 1.165) is 38.1 Å². The standard InChI is InChI=1S/C26H30N4O4/c1-33-20-10-11-21-22(17-20)27-25(26(32)34-2)24(21)28-23(31)18-30-15-13-29(14-16-30)12-6-9-19-7-4-3-5-8-19/h3-11,17,27H,12-16,18H2,1-2H3,(H,28,31)/b9-6+. The van der Waals surface area contributed by atoms with E-state index in [1.807, 2.05) is 24.3 Å². The summed E-state index contributed by atoms with van der Waals surface area (Å²) in [7, 11) is 2.89. The fraction of sp³-hybridized carbons (Fsp3) is 0.308. The molecular formula is C26H30N4O4. The molecule has 178 valence electrons. The molecule has 1 fully saturated rings. The number of rotatable bonds is 8. The number of piperazine rings is 1. The number of aromatic nitrogens is 1. The van der Waals surface area contributed by atoms with Crippen LogP contribution in [0, 0.1) is 0 Å². The highest BCUT2D eigenvalue weighted by atomic mass is 16.5. The van der Waals surface area contributed by atoms with Crippen molar-refractivity contribution in [1.82, 2.24) is 14.8 Å². The van der Waals surface area contributed by atoms with E-state index in [0.29, 0.717) is 17.0 Å². The van der Waals surface area contributed by atoms with E-state index in [1.54, 1.807) is 19.2 Å². The lowest BCUT2D eigenvalue weighted by molar-refractivity contribution is -0.117. The van der Waals surface area contributed by atoms with Crippen molar-refractivity contribution in [2.24, 2.45) is 0 Å². The molecule has 4 rings (SSSR count). The first-order valence-corrected chi connectivity index (χ1v) is 11.3. The van der Waals surface area contributed by atoms with Crippen LogP contribution in [-0.2, 0) is 9.53 Å². The van der Waals surface area contributed by atoms with Gasteiger partial charge in [-0.1, -0.05) is 42.5 Å². The molecule has 8 nitrogen and oxygen atoms in total. The van der Waals surface area contributed by atoms with Crippen molar-refractivity contribution < 1.29 is 19.1 Å². The Bertz CT molecular complexity index is 1160. The van der Waals surface area contributed by atoms with E-state index < -0.39 is 5.97 Å². The number of nitrogens with zero attached hydrogens (tertiary/aromatic N) is 2. The molecule has 0 aliphatic carbocycles. The highest BCUT2D eigenvalue weighted by Gasteiger charge is 2.23. The van der Waals surface area contributed by atoms with E-state index in [-0.39, 0.29) is 18.1 Å². The van der Waals surface area contributed by atoms with Gasteiger partial charge in [0.05, 0.1) is 32.0 Å². The summed E-state index contributed by atoms with van der Waals surface area (Å²) in [5.41, 5.74) is 2.53. The third kappa shape index (κ3) is 5.65. The minimum Gasteiger partial charge on any atom is -0.497 e. The number of aromatic amines is 1. The number of H-pyrrole nitrogens is 1. The van der Waals surface area contributed by atoms with Gasteiger partial charge in [0.15, 0.2) is 0 Å². The van der Waals surface area contributed by atoms with Crippen LogP contribution >= 0.6 is 0 Å². The maximum absolute atomic E-state index is 12.9. The Morgan fingerprint density at radius 1 is 1.03 bits per heavy atom. The molecule has 0 saturated carbocycles. The fourth-order valence-corrected chi connectivity index (χ4v) is 4.10. The SMILES string of the molecule is COC(=O)c1[nH]c2cc(OC)ccc2c1NC(=O)CN1CCN(C/C=C/c2ccccc2)CC1. The number of fused-ring (bicyclic) bond motifs is 1. The van der Waals surface area contributed by atoms with Crippen LogP contribution in [0.4, 0.5) is 5.69 Å². The molecule has 1 amide bonds. The smallest absolute Gasteiger partial charge is 0.356 e. The highest BCUT2D eigenvalue weighted by molar-refractivity contribution is 6.11. The van der Waals surface area contributed by atoms with Gasteiger partial charge in [0.2, 0.25) is 5.91 Å². The summed E-state index contributed by atoms with van der Waals surface area (Å²) in [5.74, 6) is -0.0542. The van der Waals surface area contributed by atoms with Gasteiger partial charge in [0, 0.05) is 44.2 Å². The van der Waals surface area contributed by atoms with Crippen LogP contribution in [0.15, 0.2) is 54.6 Å². The maximum Gasteiger partial charge on any atom is 0.356 e. The summed E-state index contributed by atoms with van der Waals surface area (Å²) in [4.78, 5) is 32.7. The molecule has 0 spiro atoms. The van der Waals surface area contributed by atoms with Gasteiger partial charge in [-0.05, 0) is 17.7 Å². The molecule has 1 aliphatic rings. The van der Waals surface area contributed by atoms with Crippen molar-refractivity contribution in [3.05, 3.63) is 65.9 Å². The number of carbonyl (C=O) groups is 2. The minimum absolute atomic E-state index is 0.167. The molecule has 2 aromatic carbocycles. The zero-order valence-corrected chi connectivity index (χ0v) is 19.5. The zero-order chi connectivity index (χ0) is 23.9. The number of amides is 1. The Labute approximate surface area is 199 Å². The largest absolute Gasteiger partial charge is 0.497 e. The van der Waals surface area contributed by atoms with Gasteiger partial charge in [-0.2, -0.15) is 0 Å². The van der Waals surface area contributed by atoms with Gasteiger partial charge < -0.3 is 19.8 Å². The molecule has 2 heterocycles. The summed E-state index contributed by atoms with van der Waals surface area (Å²) in [6.45, 7) is 4.55. The summed E-state index contributed by atoms with van der Waals surface area (Å²) in [6, 6.07) is 15.6. The molecule has 34 heavy (non-hydrogen) atoms. The summed E-state index contributed by atoms with van der Waals surface area (Å²) >= 11 is 0. The molecule has 0 unspecified atom stereocenters. The van der Waals surface area contributed by atoms with Crippen molar-refractivity contribution >= 4 is 34.5 Å². The van der Waals surface area contributed by atoms with E-state index >= 15 is 0 Å². The van der Waals surface area contributed by atoms with E-state index in [4.69, 9.17) is 9.47 Å². The molecular weight excluding hydrogens is 432 g/mol. The summed E-state index contributed by atoms with van der Waals surface area (Å²) < 4.78 is 10.1. The van der Waals surface area contributed by atoms with Gasteiger partial charge in [-0.15, -0.1) is 0 Å². The lowest BCUT2D eigenvalue weighted by Crippen LogP contribution is -2.48. The number of anilines is 1. The Morgan fingerprint density at radius 3 is 2.47 bits per heavy atom. The van der Waals surface area contributed by atoms with Crippen LogP contribution < -0.4 is 10.1 Å². The van der Waals surface area contributed by atoms with Gasteiger partial charge in [-0.3, -0.25) is 14.6 Å². The average molecular weight is 463 g/mol. The number of carbonyl (C=O) groups excluding carboxylic acids is 2. The van der Waals surface area contributed by atoms with Crippen molar-refractivity contribution in [3.8, 4) is 5.75 Å². The van der Waals surface area contributed by atoms with Crippen LogP contribution in [0.3, 0.4) is 0 Å². The van der Waals surface area contributed by atoms with Crippen molar-refractivity contribution in [2.45, 2.75) is 0 Å². The van der Waals surface area contributed by atoms with Crippen LogP contribution in [0.5, 0.6) is 5.75 Å². The van der Waals surface area contributed by atoms with Crippen LogP contribution in [0.2, 0.25) is 0 Å². The van der Waals surface area contributed by atoms with E-state index in [1.165, 1.54) is 12.7 Å². The molecule has 0 radical (unpaired) electrons. The number of hydrogen-bond donors (Lipinski definition) is 2. The second kappa shape index (κ2) is 11.0. The second-order valence-electron chi connectivity index (χ2n) is 8.22. The third-order valence-electron chi connectivity index (χ3n) is 5.97. The highest BCUT2D eigenvalue weighted by Crippen LogP contribution is 2.31. The number of esters is 1. The predicted octanol–water partition coefficient (Wildman–Crippen LogP) is 3.23. The normalized spacial score (nSPS) is 15.0. The number of benzene rings is 2. The fourth-order valence-electron chi connectivity index (χ4n) is 4.10. The monoisotopic (exact) mass is 462 g/mol. The number of methoxy groups -OCH3 is 2. The van der Waals surface area contributed by atoms with Crippen LogP contribution in [-0.4, -0.2) is 80.1 Å². The summed E-state index contributed by atoms with van der Waals surface area (Å²) in [6.07, 6.45) is 4.31. The molecule has 1 aromatic heterocycles. The Kier molecular flexibility index (Phi) is 7.61. The number of nitrogens with one attached hydrogen (secondary N) is 2. The van der Waals surface area contributed by atoms with Crippen molar-refractivity contribution in [3.63, 3.8) is 0 Å². The molecule has 0 bridgehead atoms. The summed E-state index contributed by atoms with van der Waals surface area (Å²) in [5, 5.41) is 3.65. The predicted molar refractivity (Wildman–Crippen MR) is 133 cm³/mol. The first-order chi connectivity index (χ1) is 16.6. The van der Waals surface area contributed by atoms with Gasteiger partial charge in [0.25, 0.3) is 0 Å². The first kappa shape index (κ1) is 23.5. The van der Waals surface area contributed by atoms with Crippen molar-refractivity contribution in [1.29, 1.82) is 0 Å². The van der Waals surface area contributed by atoms with Crippen molar-refractivity contribution in [2.75, 3.05) is 58.8 Å². The lowest BCUT2D eigenvalue weighted by atomic mass is 10.2. The van der Waals surface area contributed by atoms with Gasteiger partial charge >= 0.3 is 5.97 Å². The number of hydrogen-bond acceptors (Lipinski definition) is 6. The Hall–Kier alpha value is -3.62. The van der Waals surface area contributed by atoms with E-state index in [2.05, 4.69) is 44.4 Å². The van der Waals surface area contributed by atoms with Crippen LogP contribution in [0.25, 0.3) is 17.0 Å². The number of ether oxygens (including phenoxy) is 2. The lowest BCUT2D eigenvalue weighted by Gasteiger charge is -2.33. The molecule has 8 heteroatoms. The minimum atomic E-state index is -0.539.